The number of esters is 1. The van der Waals surface area contributed by atoms with E-state index in [9.17, 15) is 24.9 Å². The average molecular weight is 508 g/mol. The number of aliphatic hydroxyl groups excluding tert-OH is 3. The normalized spacial score (nSPS) is 31.5. The van der Waals surface area contributed by atoms with Crippen LogP contribution in [0.15, 0.2) is 22.6 Å². The van der Waals surface area contributed by atoms with Crippen LogP contribution in [0, 0.1) is 24.2 Å². The number of ketones is 1. The molecule has 3 N–H and O–H groups in total. The summed E-state index contributed by atoms with van der Waals surface area (Å²) in [5, 5.41) is 34.3. The molecule has 5 atom stereocenters. The Bertz CT molecular complexity index is 934. The lowest BCUT2D eigenvalue weighted by atomic mass is 9.73. The minimum Gasteiger partial charge on any atom is -0.457 e. The summed E-state index contributed by atoms with van der Waals surface area (Å²) < 4.78 is 5.77. The van der Waals surface area contributed by atoms with Gasteiger partial charge in [0.1, 0.15) is 11.9 Å². The van der Waals surface area contributed by atoms with E-state index in [1.54, 1.807) is 20.8 Å². The lowest BCUT2D eigenvalue weighted by molar-refractivity contribution is -0.154. The van der Waals surface area contributed by atoms with Crippen molar-refractivity contribution in [2.24, 2.45) is 17.3 Å². The number of hydrogen-bond acceptors (Lipinski definition) is 8. The van der Waals surface area contributed by atoms with Crippen molar-refractivity contribution in [2.75, 3.05) is 6.61 Å². The van der Waals surface area contributed by atoms with Crippen molar-refractivity contribution in [3.63, 3.8) is 0 Å². The number of Topliss-reactive ketones (excluding diaryl/α,β-unsaturated/α-hetero) is 1. The molecule has 35 heavy (non-hydrogen) atoms. The maximum Gasteiger partial charge on any atom is 0.309 e. The topological polar surface area (TPSA) is 117 Å². The number of cyclic esters (lactones) is 1. The highest BCUT2D eigenvalue weighted by molar-refractivity contribution is 7.09. The number of rotatable bonds is 3. The summed E-state index contributed by atoms with van der Waals surface area (Å²) in [5.41, 5.74) is 1.20. The molecule has 0 saturated heterocycles. The van der Waals surface area contributed by atoms with E-state index in [4.69, 9.17) is 4.74 Å². The van der Waals surface area contributed by atoms with Crippen molar-refractivity contribution in [3.8, 4) is 0 Å². The summed E-state index contributed by atoms with van der Waals surface area (Å²) in [7, 11) is 0. The van der Waals surface area contributed by atoms with Crippen molar-refractivity contribution in [2.45, 2.75) is 92.0 Å². The zero-order valence-electron chi connectivity index (χ0n) is 21.8. The van der Waals surface area contributed by atoms with E-state index < -0.39 is 35.6 Å². The number of hydrogen-bond donors (Lipinski definition) is 3. The molecule has 2 rings (SSSR count). The van der Waals surface area contributed by atoms with Crippen molar-refractivity contribution in [1.29, 1.82) is 0 Å². The van der Waals surface area contributed by atoms with Crippen LogP contribution in [0.2, 0.25) is 0 Å². The summed E-state index contributed by atoms with van der Waals surface area (Å²) in [5.74, 6) is -1.71. The summed E-state index contributed by atoms with van der Waals surface area (Å²) in [6.45, 7) is 10.5. The second-order valence-electron chi connectivity index (χ2n) is 10.4. The van der Waals surface area contributed by atoms with Gasteiger partial charge in [0.2, 0.25) is 0 Å². The third-order valence-corrected chi connectivity index (χ3v) is 7.90. The number of nitrogens with zero attached hydrogens (tertiary/aromatic N) is 1. The number of aromatic nitrogens is 1. The van der Waals surface area contributed by atoms with Gasteiger partial charge in [-0.05, 0) is 56.3 Å². The van der Waals surface area contributed by atoms with E-state index in [1.165, 1.54) is 11.3 Å². The molecule has 0 saturated carbocycles. The standard InChI is InChI=1S/C27H41NO6S/c1-16-8-7-9-20(14-29)10-11-22(17(2)12-21-15-35-19(4)28-21)34-24(31)13-23(30)27(5,6)26(33)18(3)25(16)32/h10,12,15-16,18,22-23,25,29-30,32H,7-9,11,13-14H2,1-6H3/b17-12+,20-10+/t16-,18+,22-,23-,25-/m0/s1. The molecular formula is C27H41NO6S. The van der Waals surface area contributed by atoms with Gasteiger partial charge in [-0.15, -0.1) is 11.3 Å². The minimum atomic E-state index is -1.25. The zero-order valence-corrected chi connectivity index (χ0v) is 22.6. The number of carbonyl (C=O) groups is 2. The summed E-state index contributed by atoms with van der Waals surface area (Å²) >= 11 is 1.53. The molecule has 0 aliphatic carbocycles. The van der Waals surface area contributed by atoms with Gasteiger partial charge in [-0.25, -0.2) is 4.98 Å². The number of aryl methyl sites for hydroxylation is 1. The monoisotopic (exact) mass is 507 g/mol. The summed E-state index contributed by atoms with van der Waals surface area (Å²) in [6, 6.07) is 0. The van der Waals surface area contributed by atoms with E-state index >= 15 is 0 Å². The molecule has 1 aliphatic heterocycles. The molecule has 196 valence electrons. The molecule has 0 fully saturated rings. The van der Waals surface area contributed by atoms with Gasteiger partial charge in [-0.1, -0.05) is 33.8 Å². The summed E-state index contributed by atoms with van der Waals surface area (Å²) in [6.07, 6.45) is 3.20. The van der Waals surface area contributed by atoms with Gasteiger partial charge in [-0.3, -0.25) is 9.59 Å². The third-order valence-electron chi connectivity index (χ3n) is 7.11. The van der Waals surface area contributed by atoms with E-state index in [0.717, 1.165) is 28.3 Å². The van der Waals surface area contributed by atoms with E-state index in [-0.39, 0.29) is 24.7 Å². The maximum absolute atomic E-state index is 13.2. The fourth-order valence-corrected chi connectivity index (χ4v) is 5.03. The predicted molar refractivity (Wildman–Crippen MR) is 138 cm³/mol. The Labute approximate surface area is 212 Å². The van der Waals surface area contributed by atoms with Crippen LogP contribution in [0.3, 0.4) is 0 Å². The molecule has 0 aromatic carbocycles. The highest BCUT2D eigenvalue weighted by Crippen LogP contribution is 2.32. The number of thiazole rings is 1. The lowest BCUT2D eigenvalue weighted by Gasteiger charge is -2.34. The fourth-order valence-electron chi connectivity index (χ4n) is 4.46. The third kappa shape index (κ3) is 8.07. The number of aliphatic hydroxyl groups is 3. The largest absolute Gasteiger partial charge is 0.457 e. The second-order valence-corrected chi connectivity index (χ2v) is 11.4. The number of ether oxygens (including phenoxy) is 1. The average Bonchev–Trinajstić information content (AvgIpc) is 3.21. The first-order chi connectivity index (χ1) is 16.4. The van der Waals surface area contributed by atoms with Crippen molar-refractivity contribution in [3.05, 3.63) is 33.3 Å². The zero-order chi connectivity index (χ0) is 26.3. The molecule has 1 aromatic heterocycles. The van der Waals surface area contributed by atoms with Crippen LogP contribution in [0.5, 0.6) is 0 Å². The van der Waals surface area contributed by atoms with Crippen LogP contribution in [-0.4, -0.2) is 57.0 Å². The molecule has 1 aromatic rings. The highest BCUT2D eigenvalue weighted by Gasteiger charge is 2.42. The first-order valence-electron chi connectivity index (χ1n) is 12.4. The van der Waals surface area contributed by atoms with Crippen molar-refractivity contribution in [1.82, 2.24) is 4.98 Å². The predicted octanol–water partition coefficient (Wildman–Crippen LogP) is 4.24. The molecule has 0 radical (unpaired) electrons. The maximum atomic E-state index is 13.2. The fraction of sp³-hybridized carbons (Fsp3) is 0.667. The Kier molecular flexibility index (Phi) is 10.8. The van der Waals surface area contributed by atoms with Crippen molar-refractivity contribution >= 4 is 29.2 Å². The second kappa shape index (κ2) is 12.9. The molecule has 0 amide bonds. The van der Waals surface area contributed by atoms with Gasteiger partial charge in [0.15, 0.2) is 0 Å². The van der Waals surface area contributed by atoms with E-state index in [0.29, 0.717) is 19.3 Å². The quantitative estimate of drug-likeness (QED) is 0.414. The molecule has 0 spiro atoms. The van der Waals surface area contributed by atoms with Gasteiger partial charge in [0, 0.05) is 17.7 Å². The Hall–Kier alpha value is -1.87. The van der Waals surface area contributed by atoms with Crippen LogP contribution in [0.25, 0.3) is 6.08 Å². The first kappa shape index (κ1) is 29.4. The molecule has 1 aliphatic rings. The van der Waals surface area contributed by atoms with Gasteiger partial charge >= 0.3 is 5.97 Å². The van der Waals surface area contributed by atoms with Gasteiger partial charge in [-0.2, -0.15) is 0 Å². The molecular weight excluding hydrogens is 466 g/mol. The molecule has 8 heteroatoms. The van der Waals surface area contributed by atoms with E-state index in [2.05, 4.69) is 4.98 Å². The molecule has 7 nitrogen and oxygen atoms in total. The molecule has 0 unspecified atom stereocenters. The SMILES string of the molecule is C/C(=C\c1csc(C)n1)[C@@H]1C/C=C(/CO)CCC[C@H](C)[C@H](O)[C@@H](C)C(=O)C(C)(C)[C@@H](O)CC(=O)O1. The molecule has 2 heterocycles. The van der Waals surface area contributed by atoms with Crippen LogP contribution < -0.4 is 0 Å². The van der Waals surface area contributed by atoms with Gasteiger partial charge < -0.3 is 20.1 Å². The van der Waals surface area contributed by atoms with Crippen molar-refractivity contribution < 1.29 is 29.6 Å². The number of carbonyl (C=O) groups excluding carboxylic acids is 2. The smallest absolute Gasteiger partial charge is 0.309 e. The minimum absolute atomic E-state index is 0.104. The Morgan fingerprint density at radius 3 is 2.57 bits per heavy atom. The highest BCUT2D eigenvalue weighted by atomic mass is 32.1. The summed E-state index contributed by atoms with van der Waals surface area (Å²) in [4.78, 5) is 30.5. The van der Waals surface area contributed by atoms with Gasteiger partial charge in [0.05, 0.1) is 41.4 Å². The van der Waals surface area contributed by atoms with Crippen LogP contribution in [0.4, 0.5) is 0 Å². The Morgan fingerprint density at radius 1 is 1.29 bits per heavy atom. The van der Waals surface area contributed by atoms with Crippen LogP contribution in [0.1, 0.15) is 77.4 Å². The van der Waals surface area contributed by atoms with Gasteiger partial charge in [0.25, 0.3) is 0 Å². The van der Waals surface area contributed by atoms with E-state index in [1.807, 2.05) is 38.3 Å². The van der Waals surface area contributed by atoms with Crippen LogP contribution in [-0.2, 0) is 14.3 Å². The lowest BCUT2D eigenvalue weighted by Crippen LogP contribution is -2.45. The molecule has 0 bridgehead atoms. The van der Waals surface area contributed by atoms with Crippen LogP contribution >= 0.6 is 11.3 Å². The first-order valence-corrected chi connectivity index (χ1v) is 13.2. The Morgan fingerprint density at radius 2 is 1.97 bits per heavy atom. The Balaban J connectivity index is 2.37.